The second-order valence-corrected chi connectivity index (χ2v) is 5.07. The number of rotatable bonds is 0. The smallest absolute Gasteiger partial charge is 0.360 e. The lowest BCUT2D eigenvalue weighted by Gasteiger charge is -2.05. The van der Waals surface area contributed by atoms with Crippen LogP contribution in [-0.4, -0.2) is 9.97 Å². The van der Waals surface area contributed by atoms with Crippen LogP contribution in [0.5, 0.6) is 0 Å². The van der Waals surface area contributed by atoms with E-state index in [0.717, 1.165) is 0 Å². The lowest BCUT2D eigenvalue weighted by atomic mass is 10.1. The van der Waals surface area contributed by atoms with Crippen LogP contribution >= 0.6 is 11.6 Å². The zero-order valence-electron chi connectivity index (χ0n) is 10.5. The van der Waals surface area contributed by atoms with Crippen molar-refractivity contribution in [2.24, 2.45) is 0 Å². The van der Waals surface area contributed by atoms with Gasteiger partial charge in [-0.1, -0.05) is 11.6 Å². The molecule has 3 aromatic heterocycles. The number of nitrogens with zero attached hydrogens (tertiary/aromatic N) is 1. The Morgan fingerprint density at radius 1 is 1.14 bits per heavy atom. The maximum Gasteiger partial charge on any atom is 0.360 e. The van der Waals surface area contributed by atoms with E-state index >= 15 is 0 Å². The molecule has 5 nitrogen and oxygen atoms in total. The van der Waals surface area contributed by atoms with Gasteiger partial charge in [-0.3, -0.25) is 9.78 Å². The number of fused-ring (bicyclic) bond motifs is 5. The Morgan fingerprint density at radius 2 is 2.00 bits per heavy atom. The molecule has 0 aliphatic heterocycles. The van der Waals surface area contributed by atoms with Gasteiger partial charge in [-0.05, 0) is 30.3 Å². The fraction of sp³-hybridized carbons (Fsp3) is 0. The van der Waals surface area contributed by atoms with E-state index in [1.807, 2.05) is 0 Å². The highest BCUT2D eigenvalue weighted by Crippen LogP contribution is 2.28. The maximum absolute atomic E-state index is 12.1. The summed E-state index contributed by atoms with van der Waals surface area (Å²) in [5.74, 6) is 0. The van der Waals surface area contributed by atoms with Gasteiger partial charge in [-0.2, -0.15) is 0 Å². The molecule has 0 unspecified atom stereocenters. The highest BCUT2D eigenvalue weighted by atomic mass is 35.5. The van der Waals surface area contributed by atoms with Crippen molar-refractivity contribution in [3.05, 3.63) is 62.3 Å². The van der Waals surface area contributed by atoms with Crippen LogP contribution in [0.1, 0.15) is 0 Å². The number of pyridine rings is 2. The number of benzene rings is 1. The van der Waals surface area contributed by atoms with Crippen molar-refractivity contribution >= 4 is 44.4 Å². The van der Waals surface area contributed by atoms with E-state index in [1.165, 1.54) is 0 Å². The molecule has 4 aromatic rings. The summed E-state index contributed by atoms with van der Waals surface area (Å²) in [5, 5.41) is 2.10. The number of aromatic amines is 1. The standard InChI is InChI=1S/C15H7ClN2O3/c16-7-3-4-10-9(6-7)11-12-8(2-1-5-17-12)14(19)18-13(11)15(20)21-10/h1-6H,(H,18,19). The first-order valence-electron chi connectivity index (χ1n) is 6.18. The highest BCUT2D eigenvalue weighted by molar-refractivity contribution is 6.32. The minimum atomic E-state index is -0.607. The molecule has 0 bridgehead atoms. The molecule has 0 amide bonds. The summed E-state index contributed by atoms with van der Waals surface area (Å²) in [4.78, 5) is 30.9. The molecule has 1 N–H and O–H groups in total. The third kappa shape index (κ3) is 1.68. The van der Waals surface area contributed by atoms with Crippen molar-refractivity contribution in [3.8, 4) is 0 Å². The van der Waals surface area contributed by atoms with Gasteiger partial charge in [0.05, 0.1) is 10.9 Å². The van der Waals surface area contributed by atoms with E-state index in [1.54, 1.807) is 36.5 Å². The molecule has 0 aliphatic carbocycles. The van der Waals surface area contributed by atoms with Crippen LogP contribution in [0.25, 0.3) is 32.8 Å². The molecule has 0 saturated carbocycles. The lowest BCUT2D eigenvalue weighted by molar-refractivity contribution is 0.568. The Morgan fingerprint density at radius 3 is 2.86 bits per heavy atom. The average Bonchev–Trinajstić information content (AvgIpc) is 2.48. The number of H-pyrrole nitrogens is 1. The number of hydrogen-bond acceptors (Lipinski definition) is 4. The SMILES string of the molecule is O=c1[nH]c2c(=O)oc3ccc(Cl)cc3c2c2ncccc12. The largest absolute Gasteiger partial charge is 0.421 e. The summed E-state index contributed by atoms with van der Waals surface area (Å²) >= 11 is 6.03. The molecule has 0 saturated heterocycles. The molecule has 1 aromatic carbocycles. The third-order valence-corrected chi connectivity index (χ3v) is 3.63. The van der Waals surface area contributed by atoms with Crippen molar-refractivity contribution in [1.29, 1.82) is 0 Å². The van der Waals surface area contributed by atoms with Crippen molar-refractivity contribution < 1.29 is 4.42 Å². The minimum Gasteiger partial charge on any atom is -0.421 e. The van der Waals surface area contributed by atoms with Crippen LogP contribution < -0.4 is 11.2 Å². The summed E-state index contributed by atoms with van der Waals surface area (Å²) in [6, 6.07) is 8.28. The fourth-order valence-corrected chi connectivity index (χ4v) is 2.67. The second-order valence-electron chi connectivity index (χ2n) is 4.63. The summed E-state index contributed by atoms with van der Waals surface area (Å²) in [7, 11) is 0. The predicted octanol–water partition coefficient (Wildman–Crippen LogP) is 2.84. The fourth-order valence-electron chi connectivity index (χ4n) is 2.50. The first-order valence-corrected chi connectivity index (χ1v) is 6.56. The van der Waals surface area contributed by atoms with E-state index in [-0.39, 0.29) is 11.1 Å². The van der Waals surface area contributed by atoms with E-state index in [0.29, 0.717) is 32.3 Å². The van der Waals surface area contributed by atoms with Crippen LogP contribution in [0.4, 0.5) is 0 Å². The van der Waals surface area contributed by atoms with E-state index < -0.39 is 5.63 Å². The molecular weight excluding hydrogens is 292 g/mol. The van der Waals surface area contributed by atoms with Crippen LogP contribution in [0.2, 0.25) is 5.02 Å². The summed E-state index contributed by atoms with van der Waals surface area (Å²) < 4.78 is 5.22. The molecule has 0 atom stereocenters. The predicted molar refractivity (Wildman–Crippen MR) is 80.9 cm³/mol. The van der Waals surface area contributed by atoms with Gasteiger partial charge in [-0.15, -0.1) is 0 Å². The molecule has 102 valence electrons. The van der Waals surface area contributed by atoms with Crippen LogP contribution in [-0.2, 0) is 0 Å². The zero-order valence-corrected chi connectivity index (χ0v) is 11.3. The van der Waals surface area contributed by atoms with E-state index in [4.69, 9.17) is 16.0 Å². The van der Waals surface area contributed by atoms with Gasteiger partial charge in [0.1, 0.15) is 11.1 Å². The van der Waals surface area contributed by atoms with Gasteiger partial charge in [0.25, 0.3) is 5.56 Å². The molecule has 0 fully saturated rings. The van der Waals surface area contributed by atoms with E-state index in [9.17, 15) is 9.59 Å². The monoisotopic (exact) mass is 298 g/mol. The molecule has 21 heavy (non-hydrogen) atoms. The molecule has 0 spiro atoms. The van der Waals surface area contributed by atoms with Gasteiger partial charge in [-0.25, -0.2) is 4.79 Å². The molecule has 3 heterocycles. The van der Waals surface area contributed by atoms with Gasteiger partial charge in [0.2, 0.25) is 0 Å². The van der Waals surface area contributed by atoms with Crippen LogP contribution in [0.15, 0.2) is 50.5 Å². The number of nitrogens with one attached hydrogen (secondary N) is 1. The summed E-state index contributed by atoms with van der Waals surface area (Å²) in [6.07, 6.45) is 1.58. The summed E-state index contributed by atoms with van der Waals surface area (Å²) in [5.41, 5.74) is -0.0305. The number of halogens is 1. The molecule has 0 radical (unpaired) electrons. The maximum atomic E-state index is 12.1. The Hall–Kier alpha value is -2.66. The highest BCUT2D eigenvalue weighted by Gasteiger charge is 2.14. The Labute approximate surface area is 121 Å². The third-order valence-electron chi connectivity index (χ3n) is 3.40. The zero-order chi connectivity index (χ0) is 14.6. The normalized spacial score (nSPS) is 11.5. The van der Waals surface area contributed by atoms with Gasteiger partial charge < -0.3 is 9.40 Å². The van der Waals surface area contributed by atoms with Crippen LogP contribution in [0.3, 0.4) is 0 Å². The number of hydrogen-bond donors (Lipinski definition) is 1. The molecule has 0 aliphatic rings. The van der Waals surface area contributed by atoms with Crippen molar-refractivity contribution in [2.45, 2.75) is 0 Å². The van der Waals surface area contributed by atoms with Crippen molar-refractivity contribution in [1.82, 2.24) is 9.97 Å². The second kappa shape index (κ2) is 4.17. The van der Waals surface area contributed by atoms with E-state index in [2.05, 4.69) is 9.97 Å². The first kappa shape index (κ1) is 12.1. The quantitative estimate of drug-likeness (QED) is 0.400. The average molecular weight is 299 g/mol. The Balaban J connectivity index is 2.47. The molecular formula is C15H7ClN2O3. The summed E-state index contributed by atoms with van der Waals surface area (Å²) in [6.45, 7) is 0. The van der Waals surface area contributed by atoms with Gasteiger partial charge in [0, 0.05) is 22.0 Å². The Kier molecular flexibility index (Phi) is 2.40. The lowest BCUT2D eigenvalue weighted by Crippen LogP contribution is -2.13. The van der Waals surface area contributed by atoms with Crippen LogP contribution in [0, 0.1) is 0 Å². The van der Waals surface area contributed by atoms with Gasteiger partial charge >= 0.3 is 5.63 Å². The number of aromatic nitrogens is 2. The molecule has 6 heteroatoms. The Bertz CT molecular complexity index is 1140. The topological polar surface area (TPSA) is 76.0 Å². The van der Waals surface area contributed by atoms with Crippen molar-refractivity contribution in [2.75, 3.05) is 0 Å². The van der Waals surface area contributed by atoms with Crippen molar-refractivity contribution in [3.63, 3.8) is 0 Å². The minimum absolute atomic E-state index is 0.0981. The molecule has 4 rings (SSSR count). The van der Waals surface area contributed by atoms with Gasteiger partial charge in [0.15, 0.2) is 0 Å². The first-order chi connectivity index (χ1) is 10.1.